The summed E-state index contributed by atoms with van der Waals surface area (Å²) in [6, 6.07) is 6.63. The molecule has 0 saturated carbocycles. The van der Waals surface area contributed by atoms with Gasteiger partial charge in [0.2, 0.25) is 0 Å². The Morgan fingerprint density at radius 3 is 2.68 bits per heavy atom. The van der Waals surface area contributed by atoms with Crippen molar-refractivity contribution >= 4 is 5.82 Å². The normalized spacial score (nSPS) is 19.3. The van der Waals surface area contributed by atoms with Crippen LogP contribution in [0, 0.1) is 0 Å². The molecule has 1 aromatic heterocycles. The summed E-state index contributed by atoms with van der Waals surface area (Å²) in [4.78, 5) is 9.50. The average Bonchev–Trinajstić information content (AvgIpc) is 2.47. The van der Waals surface area contributed by atoms with E-state index in [9.17, 15) is 0 Å². The minimum Gasteiger partial charge on any atom is -0.308 e. The number of hydrazine groups is 1. The van der Waals surface area contributed by atoms with E-state index < -0.39 is 0 Å². The van der Waals surface area contributed by atoms with Gasteiger partial charge in [0.1, 0.15) is 5.82 Å². The van der Waals surface area contributed by atoms with Gasteiger partial charge in [-0.3, -0.25) is 9.80 Å². The Morgan fingerprint density at radius 2 is 2.05 bits per heavy atom. The number of nitrogens with two attached hydrogens (primary N) is 1. The molecule has 1 atom stereocenters. The summed E-state index contributed by atoms with van der Waals surface area (Å²) in [5, 5.41) is 0. The van der Waals surface area contributed by atoms with Crippen LogP contribution in [0.3, 0.4) is 0 Å². The first-order valence-electron chi connectivity index (χ1n) is 7.12. The fourth-order valence-corrected chi connectivity index (χ4v) is 2.50. The molecule has 3 N–H and O–H groups in total. The molecule has 0 radical (unpaired) electrons. The molecular formula is C14H25N5. The van der Waals surface area contributed by atoms with Crippen LogP contribution < -0.4 is 11.3 Å². The maximum atomic E-state index is 5.39. The topological polar surface area (TPSA) is 57.4 Å². The zero-order chi connectivity index (χ0) is 13.7. The van der Waals surface area contributed by atoms with Gasteiger partial charge in [0.15, 0.2) is 0 Å². The van der Waals surface area contributed by atoms with Gasteiger partial charge in [-0.05, 0) is 25.5 Å². The molecule has 2 rings (SSSR count). The van der Waals surface area contributed by atoms with Crippen molar-refractivity contribution in [2.75, 3.05) is 31.6 Å². The molecule has 1 fully saturated rings. The van der Waals surface area contributed by atoms with Crippen LogP contribution in [-0.2, 0) is 6.54 Å². The fourth-order valence-electron chi connectivity index (χ4n) is 2.50. The van der Waals surface area contributed by atoms with Gasteiger partial charge < -0.3 is 5.43 Å². The van der Waals surface area contributed by atoms with Crippen LogP contribution in [0.2, 0.25) is 0 Å². The van der Waals surface area contributed by atoms with Crippen molar-refractivity contribution in [3.8, 4) is 0 Å². The molecular weight excluding hydrogens is 238 g/mol. The summed E-state index contributed by atoms with van der Waals surface area (Å²) < 4.78 is 0. The fraction of sp³-hybridized carbons (Fsp3) is 0.643. The highest BCUT2D eigenvalue weighted by Gasteiger charge is 2.20. The van der Waals surface area contributed by atoms with Gasteiger partial charge in [-0.25, -0.2) is 10.8 Å². The number of nitrogens with zero attached hydrogens (tertiary/aromatic N) is 3. The number of anilines is 1. The zero-order valence-corrected chi connectivity index (χ0v) is 12.0. The Labute approximate surface area is 115 Å². The molecule has 5 heteroatoms. The highest BCUT2D eigenvalue weighted by molar-refractivity contribution is 5.33. The van der Waals surface area contributed by atoms with Crippen molar-refractivity contribution in [2.24, 2.45) is 5.84 Å². The Balaban J connectivity index is 1.85. The second-order valence-corrected chi connectivity index (χ2v) is 5.23. The van der Waals surface area contributed by atoms with E-state index in [1.807, 2.05) is 12.1 Å². The highest BCUT2D eigenvalue weighted by Crippen LogP contribution is 2.12. The lowest BCUT2D eigenvalue weighted by Gasteiger charge is -2.37. The minimum atomic E-state index is 0.699. The lowest BCUT2D eigenvalue weighted by molar-refractivity contribution is 0.0956. The third-order valence-electron chi connectivity index (χ3n) is 3.96. The third-order valence-corrected chi connectivity index (χ3v) is 3.96. The summed E-state index contributed by atoms with van der Waals surface area (Å²) in [6.07, 6.45) is 1.23. The smallest absolute Gasteiger partial charge is 0.140 e. The van der Waals surface area contributed by atoms with Crippen LogP contribution in [0.1, 0.15) is 26.0 Å². The first-order chi connectivity index (χ1) is 9.22. The Morgan fingerprint density at radius 1 is 1.32 bits per heavy atom. The molecule has 5 nitrogen and oxygen atoms in total. The number of hydrogen-bond acceptors (Lipinski definition) is 5. The molecule has 19 heavy (non-hydrogen) atoms. The monoisotopic (exact) mass is 263 g/mol. The SMILES string of the molecule is CCC(C)N1CCN(Cc2cccc(NN)n2)CC1. The van der Waals surface area contributed by atoms with E-state index in [1.54, 1.807) is 0 Å². The highest BCUT2D eigenvalue weighted by atomic mass is 15.3. The largest absolute Gasteiger partial charge is 0.308 e. The maximum Gasteiger partial charge on any atom is 0.140 e. The molecule has 0 amide bonds. The van der Waals surface area contributed by atoms with Gasteiger partial charge in [0.25, 0.3) is 0 Å². The second-order valence-electron chi connectivity index (χ2n) is 5.23. The van der Waals surface area contributed by atoms with Gasteiger partial charge in [-0.2, -0.15) is 0 Å². The number of rotatable bonds is 5. The Hall–Kier alpha value is -1.17. The molecule has 0 spiro atoms. The van der Waals surface area contributed by atoms with Gasteiger partial charge in [0, 0.05) is 38.8 Å². The van der Waals surface area contributed by atoms with E-state index in [4.69, 9.17) is 5.84 Å². The van der Waals surface area contributed by atoms with Crippen molar-refractivity contribution in [3.63, 3.8) is 0 Å². The van der Waals surface area contributed by atoms with Crippen LogP contribution in [0.5, 0.6) is 0 Å². The molecule has 1 aliphatic heterocycles. The molecule has 106 valence electrons. The molecule has 1 aromatic rings. The minimum absolute atomic E-state index is 0.699. The maximum absolute atomic E-state index is 5.39. The van der Waals surface area contributed by atoms with E-state index in [-0.39, 0.29) is 0 Å². The number of pyridine rings is 1. The first kappa shape index (κ1) is 14.2. The molecule has 0 aromatic carbocycles. The van der Waals surface area contributed by atoms with Crippen molar-refractivity contribution in [2.45, 2.75) is 32.9 Å². The Bertz CT molecular complexity index is 387. The van der Waals surface area contributed by atoms with Crippen molar-refractivity contribution < 1.29 is 0 Å². The van der Waals surface area contributed by atoms with E-state index in [2.05, 4.69) is 40.1 Å². The number of nitrogens with one attached hydrogen (secondary N) is 1. The average molecular weight is 263 g/mol. The van der Waals surface area contributed by atoms with Crippen LogP contribution in [0.15, 0.2) is 18.2 Å². The molecule has 0 bridgehead atoms. The summed E-state index contributed by atoms with van der Waals surface area (Å²) in [6.45, 7) is 10.0. The standard InChI is InChI=1S/C14H25N5/c1-3-12(2)19-9-7-18(8-10-19)11-13-5-4-6-14(16-13)17-15/h4-6,12H,3,7-11,15H2,1-2H3,(H,16,17). The predicted molar refractivity (Wildman–Crippen MR) is 78.7 cm³/mol. The predicted octanol–water partition coefficient (Wildman–Crippen LogP) is 1.28. The third kappa shape index (κ3) is 3.89. The van der Waals surface area contributed by atoms with Crippen LogP contribution in [0.4, 0.5) is 5.82 Å². The Kier molecular flexibility index (Phi) is 5.13. The van der Waals surface area contributed by atoms with E-state index in [0.717, 1.165) is 44.2 Å². The molecule has 1 saturated heterocycles. The molecule has 1 aliphatic rings. The van der Waals surface area contributed by atoms with Crippen molar-refractivity contribution in [1.29, 1.82) is 0 Å². The van der Waals surface area contributed by atoms with E-state index in [1.165, 1.54) is 6.42 Å². The van der Waals surface area contributed by atoms with Gasteiger partial charge in [0.05, 0.1) is 5.69 Å². The summed E-state index contributed by atoms with van der Waals surface area (Å²) in [5.74, 6) is 6.12. The number of hydrogen-bond donors (Lipinski definition) is 2. The van der Waals surface area contributed by atoms with Gasteiger partial charge in [-0.1, -0.05) is 13.0 Å². The number of piperazine rings is 1. The van der Waals surface area contributed by atoms with Crippen molar-refractivity contribution in [3.05, 3.63) is 23.9 Å². The van der Waals surface area contributed by atoms with E-state index >= 15 is 0 Å². The van der Waals surface area contributed by atoms with E-state index in [0.29, 0.717) is 6.04 Å². The van der Waals surface area contributed by atoms with Crippen molar-refractivity contribution in [1.82, 2.24) is 14.8 Å². The van der Waals surface area contributed by atoms with Crippen LogP contribution in [-0.4, -0.2) is 47.0 Å². The lowest BCUT2D eigenvalue weighted by Crippen LogP contribution is -2.49. The molecule has 2 heterocycles. The molecule has 0 aliphatic carbocycles. The second kappa shape index (κ2) is 6.84. The first-order valence-corrected chi connectivity index (χ1v) is 7.12. The van der Waals surface area contributed by atoms with Crippen LogP contribution in [0.25, 0.3) is 0 Å². The lowest BCUT2D eigenvalue weighted by atomic mass is 10.2. The summed E-state index contributed by atoms with van der Waals surface area (Å²) in [5.41, 5.74) is 3.67. The summed E-state index contributed by atoms with van der Waals surface area (Å²) >= 11 is 0. The van der Waals surface area contributed by atoms with Crippen LogP contribution >= 0.6 is 0 Å². The summed E-state index contributed by atoms with van der Waals surface area (Å²) in [7, 11) is 0. The number of nitrogen functional groups attached to an aromatic ring is 1. The number of aromatic nitrogens is 1. The zero-order valence-electron chi connectivity index (χ0n) is 12.0. The quantitative estimate of drug-likeness (QED) is 0.619. The molecule has 1 unspecified atom stereocenters. The van der Waals surface area contributed by atoms with Gasteiger partial charge in [-0.15, -0.1) is 0 Å². The van der Waals surface area contributed by atoms with Gasteiger partial charge >= 0.3 is 0 Å².